The molecule has 2 heterocycles. The molecule has 0 spiro atoms. The number of H-pyrrole nitrogens is 1. The van der Waals surface area contributed by atoms with Crippen molar-refractivity contribution in [1.29, 1.82) is 0 Å². The zero-order valence-corrected chi connectivity index (χ0v) is 12.6. The van der Waals surface area contributed by atoms with Gasteiger partial charge in [-0.15, -0.1) is 0 Å². The first-order valence-electron chi connectivity index (χ1n) is 6.35. The molecule has 2 aromatic heterocycles. The minimum absolute atomic E-state index is 0.0127. The first kappa shape index (κ1) is 13.8. The third kappa shape index (κ3) is 3.11. The standard InChI is InChI=1S/C13H13BrN6O/c14-8-2-1-3-9(6-8)17-11-10-7-16-20-12(10)19-13(18-11)15-4-5-21/h1-3,6-7,21H,4-5H2,(H3,15,16,17,18,19,20). The highest BCUT2D eigenvalue weighted by Crippen LogP contribution is 2.25. The summed E-state index contributed by atoms with van der Waals surface area (Å²) in [5.41, 5.74) is 1.53. The van der Waals surface area contributed by atoms with Crippen LogP contribution in [0.15, 0.2) is 34.9 Å². The molecule has 0 saturated carbocycles. The van der Waals surface area contributed by atoms with Crippen molar-refractivity contribution in [3.8, 4) is 0 Å². The van der Waals surface area contributed by atoms with Gasteiger partial charge in [-0.1, -0.05) is 22.0 Å². The number of aromatic nitrogens is 4. The van der Waals surface area contributed by atoms with Crippen LogP contribution < -0.4 is 10.6 Å². The van der Waals surface area contributed by atoms with Crippen LogP contribution in [0.3, 0.4) is 0 Å². The smallest absolute Gasteiger partial charge is 0.226 e. The van der Waals surface area contributed by atoms with Gasteiger partial charge in [-0.3, -0.25) is 5.10 Å². The Labute approximate surface area is 128 Å². The molecule has 0 amide bonds. The molecule has 8 heteroatoms. The number of aliphatic hydroxyl groups is 1. The number of hydrogen-bond acceptors (Lipinski definition) is 6. The Morgan fingerprint density at radius 3 is 3.00 bits per heavy atom. The Balaban J connectivity index is 1.97. The zero-order chi connectivity index (χ0) is 14.7. The van der Waals surface area contributed by atoms with Crippen molar-refractivity contribution in [2.45, 2.75) is 0 Å². The lowest BCUT2D eigenvalue weighted by molar-refractivity contribution is 0.311. The van der Waals surface area contributed by atoms with Crippen molar-refractivity contribution >= 4 is 44.4 Å². The van der Waals surface area contributed by atoms with E-state index in [0.717, 1.165) is 15.5 Å². The van der Waals surface area contributed by atoms with E-state index in [1.165, 1.54) is 0 Å². The van der Waals surface area contributed by atoms with Gasteiger partial charge in [0, 0.05) is 16.7 Å². The van der Waals surface area contributed by atoms with Crippen LogP contribution in [0.5, 0.6) is 0 Å². The van der Waals surface area contributed by atoms with Crippen LogP contribution in [0, 0.1) is 0 Å². The number of anilines is 3. The molecule has 0 atom stereocenters. The SMILES string of the molecule is OCCNc1nc(Nc2cccc(Br)c2)c2cn[nH]c2n1. The van der Waals surface area contributed by atoms with Gasteiger partial charge in [0.1, 0.15) is 5.82 Å². The average molecular weight is 349 g/mol. The molecule has 0 aliphatic rings. The van der Waals surface area contributed by atoms with E-state index in [9.17, 15) is 0 Å². The molecule has 0 bridgehead atoms. The van der Waals surface area contributed by atoms with Crippen molar-refractivity contribution < 1.29 is 5.11 Å². The van der Waals surface area contributed by atoms with Gasteiger partial charge in [0.25, 0.3) is 0 Å². The van der Waals surface area contributed by atoms with E-state index in [4.69, 9.17) is 5.11 Å². The number of aliphatic hydroxyl groups excluding tert-OH is 1. The van der Waals surface area contributed by atoms with Crippen LogP contribution in [0.1, 0.15) is 0 Å². The van der Waals surface area contributed by atoms with Gasteiger partial charge < -0.3 is 15.7 Å². The number of fused-ring (bicyclic) bond motifs is 1. The van der Waals surface area contributed by atoms with Crippen molar-refractivity contribution in [3.63, 3.8) is 0 Å². The minimum atomic E-state index is 0.0127. The Morgan fingerprint density at radius 2 is 2.19 bits per heavy atom. The fraction of sp³-hybridized carbons (Fsp3) is 0.154. The summed E-state index contributed by atoms with van der Waals surface area (Å²) in [4.78, 5) is 8.71. The molecule has 0 radical (unpaired) electrons. The van der Waals surface area contributed by atoms with Crippen LogP contribution >= 0.6 is 15.9 Å². The maximum Gasteiger partial charge on any atom is 0.226 e. The predicted molar refractivity (Wildman–Crippen MR) is 84.7 cm³/mol. The Kier molecular flexibility index (Phi) is 3.98. The number of rotatable bonds is 5. The van der Waals surface area contributed by atoms with Gasteiger partial charge >= 0.3 is 0 Å². The zero-order valence-electron chi connectivity index (χ0n) is 11.0. The Hall–Kier alpha value is -2.19. The molecular weight excluding hydrogens is 336 g/mol. The number of hydrogen-bond donors (Lipinski definition) is 4. The summed E-state index contributed by atoms with van der Waals surface area (Å²) in [5, 5.41) is 22.7. The van der Waals surface area contributed by atoms with Crippen molar-refractivity contribution in [2.24, 2.45) is 0 Å². The molecule has 21 heavy (non-hydrogen) atoms. The van der Waals surface area contributed by atoms with E-state index in [1.54, 1.807) is 6.20 Å². The van der Waals surface area contributed by atoms with Gasteiger partial charge in [-0.25, -0.2) is 0 Å². The second-order valence-corrected chi connectivity index (χ2v) is 5.23. The molecule has 3 aromatic rings. The molecule has 1 aromatic carbocycles. The van der Waals surface area contributed by atoms with Crippen LogP contribution in [0.25, 0.3) is 11.0 Å². The summed E-state index contributed by atoms with van der Waals surface area (Å²) in [7, 11) is 0. The van der Waals surface area contributed by atoms with E-state index in [2.05, 4.69) is 46.7 Å². The summed E-state index contributed by atoms with van der Waals surface area (Å²) in [6.45, 7) is 0.398. The fourth-order valence-corrected chi connectivity index (χ4v) is 2.28. The first-order chi connectivity index (χ1) is 10.3. The minimum Gasteiger partial charge on any atom is -0.395 e. The van der Waals surface area contributed by atoms with Crippen molar-refractivity contribution in [1.82, 2.24) is 20.2 Å². The fourth-order valence-electron chi connectivity index (χ4n) is 1.88. The number of aromatic amines is 1. The highest BCUT2D eigenvalue weighted by Gasteiger charge is 2.09. The van der Waals surface area contributed by atoms with Gasteiger partial charge in [-0.2, -0.15) is 15.1 Å². The summed E-state index contributed by atoms with van der Waals surface area (Å²) in [5.74, 6) is 1.07. The van der Waals surface area contributed by atoms with Crippen LogP contribution in [-0.2, 0) is 0 Å². The number of benzene rings is 1. The monoisotopic (exact) mass is 348 g/mol. The second kappa shape index (κ2) is 6.06. The summed E-state index contributed by atoms with van der Waals surface area (Å²) in [6.07, 6.45) is 1.67. The highest BCUT2D eigenvalue weighted by atomic mass is 79.9. The number of nitrogens with one attached hydrogen (secondary N) is 3. The van der Waals surface area contributed by atoms with Crippen molar-refractivity contribution in [2.75, 3.05) is 23.8 Å². The van der Waals surface area contributed by atoms with Gasteiger partial charge in [-0.05, 0) is 18.2 Å². The van der Waals surface area contributed by atoms with E-state index in [-0.39, 0.29) is 6.61 Å². The Bertz CT molecular complexity index is 759. The molecule has 0 aliphatic heterocycles. The summed E-state index contributed by atoms with van der Waals surface area (Å²) in [6, 6.07) is 7.78. The van der Waals surface area contributed by atoms with E-state index in [0.29, 0.717) is 24.0 Å². The number of halogens is 1. The van der Waals surface area contributed by atoms with E-state index in [1.807, 2.05) is 24.3 Å². The first-order valence-corrected chi connectivity index (χ1v) is 7.14. The normalized spacial score (nSPS) is 10.8. The maximum atomic E-state index is 8.88. The van der Waals surface area contributed by atoms with E-state index >= 15 is 0 Å². The van der Waals surface area contributed by atoms with Gasteiger partial charge in [0.15, 0.2) is 5.65 Å². The average Bonchev–Trinajstić information content (AvgIpc) is 2.94. The third-order valence-corrected chi connectivity index (χ3v) is 3.29. The molecule has 108 valence electrons. The highest BCUT2D eigenvalue weighted by molar-refractivity contribution is 9.10. The molecule has 7 nitrogen and oxygen atoms in total. The van der Waals surface area contributed by atoms with Gasteiger partial charge in [0.05, 0.1) is 18.2 Å². The second-order valence-electron chi connectivity index (χ2n) is 4.31. The lowest BCUT2D eigenvalue weighted by atomic mass is 10.3. The molecule has 3 rings (SSSR count). The van der Waals surface area contributed by atoms with Crippen LogP contribution in [0.2, 0.25) is 0 Å². The van der Waals surface area contributed by atoms with E-state index < -0.39 is 0 Å². The predicted octanol–water partition coefficient (Wildman–Crippen LogP) is 2.26. The maximum absolute atomic E-state index is 8.88. The third-order valence-electron chi connectivity index (χ3n) is 2.79. The molecule has 0 unspecified atom stereocenters. The topological polar surface area (TPSA) is 98.7 Å². The number of nitrogens with zero attached hydrogens (tertiary/aromatic N) is 3. The van der Waals surface area contributed by atoms with Crippen molar-refractivity contribution in [3.05, 3.63) is 34.9 Å². The molecular formula is C13H13BrN6O. The molecule has 0 aliphatic carbocycles. The molecule has 4 N–H and O–H groups in total. The summed E-state index contributed by atoms with van der Waals surface area (Å²) < 4.78 is 0.976. The lowest BCUT2D eigenvalue weighted by Gasteiger charge is -2.09. The van der Waals surface area contributed by atoms with Gasteiger partial charge in [0.2, 0.25) is 5.95 Å². The van der Waals surface area contributed by atoms with Crippen LogP contribution in [0.4, 0.5) is 17.5 Å². The van der Waals surface area contributed by atoms with Crippen LogP contribution in [-0.4, -0.2) is 38.4 Å². The molecule has 0 saturated heterocycles. The Morgan fingerprint density at radius 1 is 1.29 bits per heavy atom. The largest absolute Gasteiger partial charge is 0.395 e. The lowest BCUT2D eigenvalue weighted by Crippen LogP contribution is -2.09. The quantitative estimate of drug-likeness (QED) is 0.564. The summed E-state index contributed by atoms with van der Waals surface area (Å²) >= 11 is 3.44. The molecule has 0 fully saturated rings.